The number of hydrogen-bond donors (Lipinski definition) is 1. The highest BCUT2D eigenvalue weighted by Gasteiger charge is 2.25. The first-order chi connectivity index (χ1) is 13.0. The Morgan fingerprint density at radius 2 is 2.04 bits per heavy atom. The summed E-state index contributed by atoms with van der Waals surface area (Å²) < 4.78 is 6.06. The van der Waals surface area contributed by atoms with Crippen LogP contribution in [0.15, 0.2) is 23.1 Å². The van der Waals surface area contributed by atoms with Gasteiger partial charge in [0, 0.05) is 51.0 Å². The molecule has 1 amide bonds. The molecule has 1 N–H and O–H groups in total. The number of amides is 1. The molecule has 2 aromatic rings. The van der Waals surface area contributed by atoms with Crippen LogP contribution in [0.5, 0.6) is 5.88 Å². The van der Waals surface area contributed by atoms with Gasteiger partial charge in [-0.2, -0.15) is 5.10 Å². The van der Waals surface area contributed by atoms with Gasteiger partial charge in [-0.1, -0.05) is 0 Å². The van der Waals surface area contributed by atoms with Crippen LogP contribution in [0.3, 0.4) is 0 Å². The Balaban J connectivity index is 1.44. The van der Waals surface area contributed by atoms with E-state index in [9.17, 15) is 9.59 Å². The minimum absolute atomic E-state index is 0.0859. The summed E-state index contributed by atoms with van der Waals surface area (Å²) >= 11 is 0. The molecule has 2 aliphatic heterocycles. The van der Waals surface area contributed by atoms with Crippen molar-refractivity contribution in [3.8, 4) is 5.88 Å². The van der Waals surface area contributed by atoms with E-state index in [1.807, 2.05) is 17.0 Å². The molecule has 27 heavy (non-hydrogen) atoms. The number of pyridine rings is 1. The number of nitrogens with zero attached hydrogens (tertiary/aromatic N) is 4. The first-order valence-electron chi connectivity index (χ1n) is 9.21. The molecule has 0 aliphatic carbocycles. The van der Waals surface area contributed by atoms with Crippen molar-refractivity contribution in [1.29, 1.82) is 0 Å². The zero-order valence-corrected chi connectivity index (χ0v) is 15.6. The minimum atomic E-state index is -0.169. The quantitative estimate of drug-likeness (QED) is 0.879. The Morgan fingerprint density at radius 3 is 2.78 bits per heavy atom. The Hall–Kier alpha value is -2.90. The van der Waals surface area contributed by atoms with Crippen LogP contribution in [0.4, 0.5) is 5.69 Å². The number of anilines is 1. The standard InChI is InChI=1S/C19H23N5O3/c1-12-17(9-20-22-19(12)26)24-10-14-3-4-18(21-16(14)11-24)27-15-5-7-23(8-6-15)13(2)25/h3-4,9,15H,5-8,10-11H2,1-2H3,(H,22,26). The molecular formula is C19H23N5O3. The maximum Gasteiger partial charge on any atom is 0.269 e. The third-order valence-corrected chi connectivity index (χ3v) is 5.34. The number of carbonyl (C=O) groups excluding carboxylic acids is 1. The molecule has 0 bridgehead atoms. The highest BCUT2D eigenvalue weighted by molar-refractivity contribution is 5.73. The molecule has 1 fully saturated rings. The van der Waals surface area contributed by atoms with E-state index in [2.05, 4.69) is 20.1 Å². The molecular weight excluding hydrogens is 346 g/mol. The van der Waals surface area contributed by atoms with Gasteiger partial charge >= 0.3 is 0 Å². The van der Waals surface area contributed by atoms with E-state index in [1.54, 1.807) is 20.0 Å². The fourth-order valence-corrected chi connectivity index (χ4v) is 3.70. The second-order valence-corrected chi connectivity index (χ2v) is 7.14. The second kappa shape index (κ2) is 7.02. The van der Waals surface area contributed by atoms with E-state index in [0.29, 0.717) is 24.5 Å². The number of aromatic amines is 1. The van der Waals surface area contributed by atoms with Gasteiger partial charge in [-0.3, -0.25) is 9.59 Å². The Kier molecular flexibility index (Phi) is 4.55. The number of hydrogen-bond acceptors (Lipinski definition) is 6. The molecule has 8 nitrogen and oxygen atoms in total. The van der Waals surface area contributed by atoms with Gasteiger partial charge in [-0.15, -0.1) is 0 Å². The maximum atomic E-state index is 11.8. The molecule has 4 rings (SSSR count). The van der Waals surface area contributed by atoms with Gasteiger partial charge in [-0.25, -0.2) is 10.1 Å². The number of aromatic nitrogens is 3. The third-order valence-electron chi connectivity index (χ3n) is 5.34. The summed E-state index contributed by atoms with van der Waals surface area (Å²) in [7, 11) is 0. The average molecular weight is 369 g/mol. The van der Waals surface area contributed by atoms with Gasteiger partial charge < -0.3 is 14.5 Å². The molecule has 1 saturated heterocycles. The molecule has 4 heterocycles. The number of rotatable bonds is 3. The number of H-pyrrole nitrogens is 1. The van der Waals surface area contributed by atoms with Gasteiger partial charge in [0.1, 0.15) is 6.10 Å². The number of likely N-dealkylation sites (tertiary alicyclic amines) is 1. The normalized spacial score (nSPS) is 17.1. The maximum absolute atomic E-state index is 11.8. The predicted molar refractivity (Wildman–Crippen MR) is 99.6 cm³/mol. The fourth-order valence-electron chi connectivity index (χ4n) is 3.70. The van der Waals surface area contributed by atoms with Crippen molar-refractivity contribution in [2.45, 2.75) is 45.9 Å². The molecule has 2 aromatic heterocycles. The molecule has 2 aliphatic rings. The van der Waals surface area contributed by atoms with Gasteiger partial charge in [-0.05, 0) is 18.6 Å². The smallest absolute Gasteiger partial charge is 0.269 e. The van der Waals surface area contributed by atoms with Gasteiger partial charge in [0.2, 0.25) is 11.8 Å². The van der Waals surface area contributed by atoms with Gasteiger partial charge in [0.05, 0.1) is 24.1 Å². The first-order valence-corrected chi connectivity index (χ1v) is 9.21. The summed E-state index contributed by atoms with van der Waals surface area (Å²) in [4.78, 5) is 31.9. The van der Waals surface area contributed by atoms with E-state index in [0.717, 1.165) is 42.9 Å². The van der Waals surface area contributed by atoms with Crippen LogP contribution < -0.4 is 15.2 Å². The summed E-state index contributed by atoms with van der Waals surface area (Å²) in [6.07, 6.45) is 3.41. The largest absolute Gasteiger partial charge is 0.474 e. The van der Waals surface area contributed by atoms with Crippen molar-refractivity contribution in [1.82, 2.24) is 20.1 Å². The predicted octanol–water partition coefficient (Wildman–Crippen LogP) is 1.38. The van der Waals surface area contributed by atoms with E-state index in [1.165, 1.54) is 0 Å². The first kappa shape index (κ1) is 17.5. The molecule has 8 heteroatoms. The molecule has 0 aromatic carbocycles. The monoisotopic (exact) mass is 369 g/mol. The van der Waals surface area contributed by atoms with Crippen molar-refractivity contribution in [3.05, 3.63) is 45.5 Å². The fraction of sp³-hybridized carbons (Fsp3) is 0.474. The van der Waals surface area contributed by atoms with E-state index in [-0.39, 0.29) is 17.6 Å². The van der Waals surface area contributed by atoms with Crippen LogP contribution in [0.1, 0.15) is 36.6 Å². The molecule has 0 atom stereocenters. The zero-order chi connectivity index (χ0) is 19.0. The van der Waals surface area contributed by atoms with Gasteiger partial charge in [0.25, 0.3) is 5.56 Å². The van der Waals surface area contributed by atoms with Crippen molar-refractivity contribution in [3.63, 3.8) is 0 Å². The summed E-state index contributed by atoms with van der Waals surface area (Å²) in [5.41, 5.74) is 3.42. The van der Waals surface area contributed by atoms with Crippen molar-refractivity contribution < 1.29 is 9.53 Å². The Bertz CT molecular complexity index is 918. The third kappa shape index (κ3) is 3.51. The summed E-state index contributed by atoms with van der Waals surface area (Å²) in [6, 6.07) is 3.95. The zero-order valence-electron chi connectivity index (χ0n) is 15.6. The molecule has 0 saturated carbocycles. The van der Waals surface area contributed by atoms with Crippen molar-refractivity contribution in [2.75, 3.05) is 18.0 Å². The van der Waals surface area contributed by atoms with Crippen LogP contribution in [-0.2, 0) is 17.9 Å². The highest BCUT2D eigenvalue weighted by Crippen LogP contribution is 2.29. The van der Waals surface area contributed by atoms with Crippen LogP contribution >= 0.6 is 0 Å². The van der Waals surface area contributed by atoms with Crippen LogP contribution in [-0.4, -0.2) is 45.2 Å². The SMILES string of the molecule is CC(=O)N1CCC(Oc2ccc3c(n2)CN(c2cn[nH]c(=O)c2C)C3)CC1. The lowest BCUT2D eigenvalue weighted by molar-refractivity contribution is -0.130. The van der Waals surface area contributed by atoms with Crippen LogP contribution in [0, 0.1) is 6.92 Å². The number of carbonyl (C=O) groups is 1. The van der Waals surface area contributed by atoms with Crippen LogP contribution in [0.2, 0.25) is 0 Å². The lowest BCUT2D eigenvalue weighted by Gasteiger charge is -2.31. The number of nitrogens with one attached hydrogen (secondary N) is 1. The molecule has 0 radical (unpaired) electrons. The minimum Gasteiger partial charge on any atom is -0.474 e. The molecule has 0 unspecified atom stereocenters. The van der Waals surface area contributed by atoms with Crippen molar-refractivity contribution >= 4 is 11.6 Å². The van der Waals surface area contributed by atoms with E-state index >= 15 is 0 Å². The Labute approximate surface area is 157 Å². The summed E-state index contributed by atoms with van der Waals surface area (Å²) in [6.45, 7) is 6.19. The summed E-state index contributed by atoms with van der Waals surface area (Å²) in [5.74, 6) is 0.742. The van der Waals surface area contributed by atoms with Crippen LogP contribution in [0.25, 0.3) is 0 Å². The highest BCUT2D eigenvalue weighted by atomic mass is 16.5. The van der Waals surface area contributed by atoms with Crippen molar-refractivity contribution in [2.24, 2.45) is 0 Å². The average Bonchev–Trinajstić information content (AvgIpc) is 3.07. The number of fused-ring (bicyclic) bond motifs is 1. The van der Waals surface area contributed by atoms with E-state index in [4.69, 9.17) is 4.74 Å². The lowest BCUT2D eigenvalue weighted by atomic mass is 10.1. The Morgan fingerprint density at radius 1 is 1.26 bits per heavy atom. The number of ether oxygens (including phenoxy) is 1. The van der Waals surface area contributed by atoms with Gasteiger partial charge in [0.15, 0.2) is 0 Å². The lowest BCUT2D eigenvalue weighted by Crippen LogP contribution is -2.40. The van der Waals surface area contributed by atoms with E-state index < -0.39 is 0 Å². The summed E-state index contributed by atoms with van der Waals surface area (Å²) in [5, 5.41) is 6.37. The molecule has 0 spiro atoms. The second-order valence-electron chi connectivity index (χ2n) is 7.14. The molecule has 142 valence electrons. The number of piperidine rings is 1. The topological polar surface area (TPSA) is 91.4 Å².